The molecule has 0 aromatic carbocycles. The first kappa shape index (κ1) is 6.80. The maximum absolute atomic E-state index is 10.8. The Labute approximate surface area is 58.2 Å². The second-order valence-corrected chi connectivity index (χ2v) is 1.62. The molecule has 0 unspecified atom stereocenters. The van der Waals surface area contributed by atoms with E-state index in [-0.39, 0.29) is 5.69 Å². The smallest absolute Gasteiger partial charge is 0.358 e. The van der Waals surface area contributed by atoms with Crippen LogP contribution in [0.5, 0.6) is 0 Å². The summed E-state index contributed by atoms with van der Waals surface area (Å²) in [6.07, 6.45) is 2.53. The molecule has 0 fully saturated rings. The third kappa shape index (κ3) is 1.34. The minimum atomic E-state index is -0.417. The lowest BCUT2D eigenvalue weighted by Crippen LogP contribution is -2.04. The van der Waals surface area contributed by atoms with Crippen molar-refractivity contribution >= 4 is 5.97 Å². The number of H-pyrrole nitrogens is 1. The number of carbonyl (C=O) groups excluding carboxylic acids is 1. The van der Waals surface area contributed by atoms with Gasteiger partial charge >= 0.3 is 5.97 Å². The van der Waals surface area contributed by atoms with Crippen LogP contribution in [0.3, 0.4) is 0 Å². The van der Waals surface area contributed by atoms with E-state index in [2.05, 4.69) is 21.1 Å². The maximum atomic E-state index is 10.8. The van der Waals surface area contributed by atoms with E-state index in [1.807, 2.05) is 0 Å². The van der Waals surface area contributed by atoms with Gasteiger partial charge in [0, 0.05) is 6.07 Å². The summed E-state index contributed by atoms with van der Waals surface area (Å²) in [6, 6.07) is 1.44. The Morgan fingerprint density at radius 2 is 2.80 bits per heavy atom. The molecule has 0 saturated heterocycles. The van der Waals surface area contributed by atoms with E-state index < -0.39 is 5.97 Å². The molecule has 53 valence electrons. The van der Waals surface area contributed by atoms with Gasteiger partial charge in [0.1, 0.15) is 0 Å². The molecule has 1 rings (SSSR count). The second-order valence-electron chi connectivity index (χ2n) is 1.62. The van der Waals surface area contributed by atoms with Crippen molar-refractivity contribution in [3.8, 4) is 0 Å². The average molecular weight is 139 g/mol. The van der Waals surface area contributed by atoms with Crippen molar-refractivity contribution in [2.75, 3.05) is 6.61 Å². The van der Waals surface area contributed by atoms with Gasteiger partial charge in [0.2, 0.25) is 0 Å². The summed E-state index contributed by atoms with van der Waals surface area (Å²) in [7, 11) is 0. The Bertz CT molecular complexity index is 206. The van der Waals surface area contributed by atoms with Crippen LogP contribution in [0, 0.1) is 6.20 Å². The summed E-state index contributed by atoms with van der Waals surface area (Å²) in [5, 5.41) is 5.97. The fraction of sp³-hybridized carbons (Fsp3) is 0.333. The zero-order valence-corrected chi connectivity index (χ0v) is 5.55. The quantitative estimate of drug-likeness (QED) is 0.603. The third-order valence-electron chi connectivity index (χ3n) is 0.934. The van der Waals surface area contributed by atoms with Crippen LogP contribution in [0.2, 0.25) is 0 Å². The number of nitrogens with zero attached hydrogens (tertiary/aromatic N) is 1. The molecule has 0 aliphatic rings. The first-order valence-corrected chi connectivity index (χ1v) is 2.93. The lowest BCUT2D eigenvalue weighted by Gasteiger charge is -1.94. The number of nitrogens with one attached hydrogen (secondary N) is 1. The van der Waals surface area contributed by atoms with Gasteiger partial charge in [-0.1, -0.05) is 0 Å². The van der Waals surface area contributed by atoms with Crippen molar-refractivity contribution in [3.63, 3.8) is 0 Å². The topological polar surface area (TPSA) is 55.0 Å². The van der Waals surface area contributed by atoms with E-state index in [1.54, 1.807) is 6.92 Å². The molecular weight excluding hydrogens is 132 g/mol. The minimum absolute atomic E-state index is 0.266. The van der Waals surface area contributed by atoms with Crippen molar-refractivity contribution in [1.82, 2.24) is 10.2 Å². The van der Waals surface area contributed by atoms with Gasteiger partial charge in [0.15, 0.2) is 5.69 Å². The Hall–Kier alpha value is -1.32. The highest BCUT2D eigenvalue weighted by molar-refractivity contribution is 5.86. The molecule has 0 atom stereocenters. The van der Waals surface area contributed by atoms with Crippen LogP contribution in [0.15, 0.2) is 6.07 Å². The van der Waals surface area contributed by atoms with Crippen molar-refractivity contribution in [3.05, 3.63) is 18.0 Å². The minimum Gasteiger partial charge on any atom is -0.461 e. The van der Waals surface area contributed by atoms with Crippen LogP contribution in [0.1, 0.15) is 17.4 Å². The van der Waals surface area contributed by atoms with Crippen molar-refractivity contribution in [2.45, 2.75) is 6.92 Å². The normalized spacial score (nSPS) is 9.30. The van der Waals surface area contributed by atoms with E-state index >= 15 is 0 Å². The van der Waals surface area contributed by atoms with Gasteiger partial charge in [-0.2, -0.15) is 5.10 Å². The average Bonchev–Trinajstić information content (AvgIpc) is 2.38. The molecule has 0 saturated carbocycles. The van der Waals surface area contributed by atoms with E-state index in [0.29, 0.717) is 6.61 Å². The predicted molar refractivity (Wildman–Crippen MR) is 33.4 cm³/mol. The fourth-order valence-electron chi connectivity index (χ4n) is 0.535. The van der Waals surface area contributed by atoms with Gasteiger partial charge in [-0.15, -0.1) is 0 Å². The van der Waals surface area contributed by atoms with Crippen molar-refractivity contribution < 1.29 is 9.53 Å². The Kier molecular flexibility index (Phi) is 2.04. The lowest BCUT2D eigenvalue weighted by molar-refractivity contribution is 0.0519. The molecule has 0 bridgehead atoms. The Morgan fingerprint density at radius 3 is 3.30 bits per heavy atom. The highest BCUT2D eigenvalue weighted by Crippen LogP contribution is 1.93. The molecule has 1 aromatic rings. The van der Waals surface area contributed by atoms with Gasteiger partial charge in [0.25, 0.3) is 0 Å². The zero-order valence-electron chi connectivity index (χ0n) is 5.55. The highest BCUT2D eigenvalue weighted by Gasteiger charge is 2.06. The van der Waals surface area contributed by atoms with Gasteiger partial charge in [-0.25, -0.2) is 4.79 Å². The fourth-order valence-corrected chi connectivity index (χ4v) is 0.535. The van der Waals surface area contributed by atoms with E-state index in [4.69, 9.17) is 0 Å². The summed E-state index contributed by atoms with van der Waals surface area (Å²) in [4.78, 5) is 10.8. The maximum Gasteiger partial charge on any atom is 0.358 e. The van der Waals surface area contributed by atoms with E-state index in [0.717, 1.165) is 0 Å². The SMILES string of the molecule is CCOC(=O)c1c[c][nH]n1. The number of ether oxygens (including phenoxy) is 1. The molecule has 0 aliphatic heterocycles. The molecular formula is C6H7N2O2. The number of carbonyl (C=O) groups is 1. The van der Waals surface area contributed by atoms with Crippen molar-refractivity contribution in [2.24, 2.45) is 0 Å². The molecule has 1 aromatic heterocycles. The summed E-state index contributed by atoms with van der Waals surface area (Å²) in [5.74, 6) is -0.417. The van der Waals surface area contributed by atoms with Gasteiger partial charge in [0.05, 0.1) is 12.8 Å². The van der Waals surface area contributed by atoms with Gasteiger partial charge < -0.3 is 4.74 Å². The van der Waals surface area contributed by atoms with E-state index in [1.165, 1.54) is 6.07 Å². The number of rotatable bonds is 2. The monoisotopic (exact) mass is 139 g/mol. The Balaban J connectivity index is 2.59. The van der Waals surface area contributed by atoms with Crippen LogP contribution in [0.4, 0.5) is 0 Å². The standard InChI is InChI=1S/C6H7N2O2/c1-2-10-6(9)5-3-4-7-8-5/h3H,2H2,1H3,(H,7,8). The molecule has 4 nitrogen and oxygen atoms in total. The summed E-state index contributed by atoms with van der Waals surface area (Å²) in [5.41, 5.74) is 0.266. The molecule has 1 heterocycles. The largest absolute Gasteiger partial charge is 0.461 e. The number of esters is 1. The van der Waals surface area contributed by atoms with Crippen LogP contribution < -0.4 is 0 Å². The highest BCUT2D eigenvalue weighted by atomic mass is 16.5. The lowest BCUT2D eigenvalue weighted by atomic mass is 10.4. The van der Waals surface area contributed by atoms with Crippen LogP contribution in [-0.4, -0.2) is 22.8 Å². The molecule has 0 aliphatic carbocycles. The zero-order chi connectivity index (χ0) is 7.40. The number of aromatic amines is 1. The molecule has 4 heteroatoms. The first-order chi connectivity index (χ1) is 4.84. The molecule has 0 amide bonds. The first-order valence-electron chi connectivity index (χ1n) is 2.93. The van der Waals surface area contributed by atoms with Gasteiger partial charge in [-0.3, -0.25) is 5.10 Å². The molecule has 1 radical (unpaired) electrons. The van der Waals surface area contributed by atoms with Crippen LogP contribution in [-0.2, 0) is 4.74 Å². The van der Waals surface area contributed by atoms with Crippen LogP contribution in [0.25, 0.3) is 0 Å². The third-order valence-corrected chi connectivity index (χ3v) is 0.934. The van der Waals surface area contributed by atoms with E-state index in [9.17, 15) is 4.79 Å². The molecule has 10 heavy (non-hydrogen) atoms. The van der Waals surface area contributed by atoms with Gasteiger partial charge in [-0.05, 0) is 6.92 Å². The summed E-state index contributed by atoms with van der Waals surface area (Å²) < 4.78 is 4.64. The predicted octanol–water partition coefficient (Wildman–Crippen LogP) is 0.387. The summed E-state index contributed by atoms with van der Waals surface area (Å²) >= 11 is 0. The summed E-state index contributed by atoms with van der Waals surface area (Å²) in [6.45, 7) is 2.11. The molecule has 0 spiro atoms. The molecule has 1 N–H and O–H groups in total. The number of aromatic nitrogens is 2. The van der Waals surface area contributed by atoms with Crippen molar-refractivity contribution in [1.29, 1.82) is 0 Å². The number of hydrogen-bond acceptors (Lipinski definition) is 3. The number of hydrogen-bond donors (Lipinski definition) is 1. The van der Waals surface area contributed by atoms with Crippen LogP contribution >= 0.6 is 0 Å². The Morgan fingerprint density at radius 1 is 2.00 bits per heavy atom. The second kappa shape index (κ2) is 3.00.